The Kier molecular flexibility index (Phi) is 173000. The van der Waals surface area contributed by atoms with Crippen LogP contribution in [0, 0.1) is 0 Å². The normalized spacial score (nSPS) is 0. The molecular formula is H10O10Ta2. The first-order valence-corrected chi connectivity index (χ1v) is 0. The van der Waals surface area contributed by atoms with E-state index < -0.39 is 0 Å². The molecule has 0 aromatic carbocycles. The van der Waals surface area contributed by atoms with Crippen LogP contribution in [0.5, 0.6) is 0 Å². The molecule has 12 heavy (non-hydrogen) atoms. The number of hydrogen-bond acceptors (Lipinski definition) is 0. The second kappa shape index (κ2) is 1270. The molecule has 0 fully saturated rings. The summed E-state index contributed by atoms with van der Waals surface area (Å²) in [6, 6.07) is 0. The van der Waals surface area contributed by atoms with Crippen molar-refractivity contribution in [2.24, 2.45) is 0 Å². The zero-order valence-corrected chi connectivity index (χ0v) is 11.9. The molecule has 0 aliphatic carbocycles. The third kappa shape index (κ3) is 964. The van der Waals surface area contributed by atoms with Gasteiger partial charge in [-0.15, -0.1) is 0 Å². The van der Waals surface area contributed by atoms with E-state index in [0.29, 0.717) is 0 Å². The van der Waals surface area contributed by atoms with Crippen molar-refractivity contribution in [3.05, 3.63) is 0 Å². The quantitative estimate of drug-likeness (QED) is 0.284. The Morgan fingerprint density at radius 3 is 0.250 bits per heavy atom. The zero-order chi connectivity index (χ0) is 0. The molecule has 0 atom stereocenters. The Labute approximate surface area is 99.4 Å². The molecule has 0 rings (SSSR count). The molecule has 0 aromatic heterocycles. The van der Waals surface area contributed by atoms with Crippen LogP contribution in [-0.4, -0.2) is 27.4 Å². The molecule has 0 aliphatic heterocycles. The van der Waals surface area contributed by atoms with Crippen molar-refractivity contribution in [1.29, 1.82) is 0 Å². The van der Waals surface area contributed by atoms with Gasteiger partial charge in [-0.25, -0.2) is 0 Å². The first-order valence-electron chi connectivity index (χ1n) is 0. The van der Waals surface area contributed by atoms with Crippen molar-refractivity contribution in [3.8, 4) is 0 Å². The van der Waals surface area contributed by atoms with Crippen LogP contribution < -0.4 is 0 Å². The van der Waals surface area contributed by atoms with E-state index in [1.54, 1.807) is 0 Å². The molecule has 10 nitrogen and oxygen atoms in total. The first-order chi connectivity index (χ1) is 0. The maximum absolute atomic E-state index is 0. The van der Waals surface area contributed by atoms with Gasteiger partial charge >= 0.3 is 44.8 Å². The second-order valence-corrected chi connectivity index (χ2v) is 0. The third-order valence-electron chi connectivity index (χ3n) is 0. The fourth-order valence-electron chi connectivity index (χ4n) is 0. The number of rotatable bonds is 0. The number of hydrogen-bond donors (Lipinski definition) is 0. The standard InChI is InChI=1S/5H2O.5O.2Ta/h5*1H2;;;;;;;/q;;;;;5*-2;2*+5. The summed E-state index contributed by atoms with van der Waals surface area (Å²) in [5, 5.41) is 0. The summed E-state index contributed by atoms with van der Waals surface area (Å²) >= 11 is 0. The van der Waals surface area contributed by atoms with Gasteiger partial charge < -0.3 is 54.8 Å². The van der Waals surface area contributed by atoms with E-state index in [1.165, 1.54) is 0 Å². The largest absolute Gasteiger partial charge is 5.00 e. The van der Waals surface area contributed by atoms with E-state index in [4.69, 9.17) is 0 Å². The Hall–Kier alpha value is 1.08. The maximum Gasteiger partial charge on any atom is 5.00 e. The van der Waals surface area contributed by atoms with Crippen LogP contribution in [0.3, 0.4) is 0 Å². The molecule has 0 radical (unpaired) electrons. The monoisotopic (exact) mass is 532 g/mol. The summed E-state index contributed by atoms with van der Waals surface area (Å²) < 4.78 is 0. The van der Waals surface area contributed by atoms with Gasteiger partial charge in [-0.2, -0.15) is 0 Å². The Bertz CT molecular complexity index is 7.80. The predicted octanol–water partition coefficient (Wildman–Crippen LogP) is -4.72. The zero-order valence-electron chi connectivity index (χ0n) is 5.44. The molecule has 12 heteroatoms. The van der Waals surface area contributed by atoms with Gasteiger partial charge in [0.1, 0.15) is 0 Å². The Balaban J connectivity index is 0. The molecule has 0 unspecified atom stereocenters. The minimum atomic E-state index is 0. The summed E-state index contributed by atoms with van der Waals surface area (Å²) in [6.07, 6.45) is 0. The van der Waals surface area contributed by atoms with E-state index in [9.17, 15) is 0 Å². The third-order valence-corrected chi connectivity index (χ3v) is 0. The molecule has 0 aromatic rings. The average Bonchev–Trinajstić information content (AvgIpc) is 0. The van der Waals surface area contributed by atoms with Crippen LogP contribution in [0.1, 0.15) is 0 Å². The van der Waals surface area contributed by atoms with Crippen LogP contribution in [0.25, 0.3) is 0 Å². The molecule has 0 spiro atoms. The van der Waals surface area contributed by atoms with Crippen molar-refractivity contribution in [3.63, 3.8) is 0 Å². The minimum absolute atomic E-state index is 0. The van der Waals surface area contributed by atoms with E-state index >= 15 is 0 Å². The van der Waals surface area contributed by atoms with Gasteiger partial charge in [-0.05, 0) is 0 Å². The van der Waals surface area contributed by atoms with E-state index in [0.717, 1.165) is 0 Å². The van der Waals surface area contributed by atoms with Gasteiger partial charge in [0.05, 0.1) is 0 Å². The summed E-state index contributed by atoms with van der Waals surface area (Å²) in [5.41, 5.74) is 0. The molecule has 0 heterocycles. The van der Waals surface area contributed by atoms with Crippen molar-refractivity contribution < 1.29 is 99.5 Å². The van der Waals surface area contributed by atoms with Crippen LogP contribution in [0.2, 0.25) is 0 Å². The SMILES string of the molecule is O.O.O.O.O.[O-2].[O-2].[O-2].[O-2].[O-2].[Ta+5].[Ta+5]. The van der Waals surface area contributed by atoms with Gasteiger partial charge in [-0.3, -0.25) is 0 Å². The fraction of sp³-hybridized carbons (Fsp3) is 0. The van der Waals surface area contributed by atoms with E-state index in [1.807, 2.05) is 0 Å². The van der Waals surface area contributed by atoms with Crippen molar-refractivity contribution >= 4 is 0 Å². The van der Waals surface area contributed by atoms with E-state index in [-0.39, 0.29) is 99.5 Å². The van der Waals surface area contributed by atoms with Crippen LogP contribution in [0.15, 0.2) is 0 Å². The smallest absolute Gasteiger partial charge is 2.00 e. The van der Waals surface area contributed by atoms with Crippen molar-refractivity contribution in [2.45, 2.75) is 0 Å². The molecule has 80 valence electrons. The van der Waals surface area contributed by atoms with Crippen LogP contribution in [-0.2, 0) is 72.1 Å². The summed E-state index contributed by atoms with van der Waals surface area (Å²) in [7, 11) is 0. The van der Waals surface area contributed by atoms with Crippen molar-refractivity contribution in [2.75, 3.05) is 0 Å². The molecule has 0 aliphatic rings. The molecule has 0 amide bonds. The van der Waals surface area contributed by atoms with Crippen molar-refractivity contribution in [1.82, 2.24) is 0 Å². The van der Waals surface area contributed by atoms with Crippen LogP contribution >= 0.6 is 0 Å². The summed E-state index contributed by atoms with van der Waals surface area (Å²) in [5.74, 6) is 0. The first kappa shape index (κ1) is 1640. The van der Waals surface area contributed by atoms with Crippen LogP contribution in [0.4, 0.5) is 0 Å². The second-order valence-electron chi connectivity index (χ2n) is 0. The van der Waals surface area contributed by atoms with Gasteiger partial charge in [0.25, 0.3) is 0 Å². The summed E-state index contributed by atoms with van der Waals surface area (Å²) in [4.78, 5) is 0. The van der Waals surface area contributed by atoms with E-state index in [2.05, 4.69) is 0 Å². The molecule has 10 N–H and O–H groups in total. The molecule has 0 saturated heterocycles. The van der Waals surface area contributed by atoms with Gasteiger partial charge in [0.15, 0.2) is 0 Å². The van der Waals surface area contributed by atoms with Gasteiger partial charge in [0, 0.05) is 0 Å². The van der Waals surface area contributed by atoms with Gasteiger partial charge in [0.2, 0.25) is 0 Å². The summed E-state index contributed by atoms with van der Waals surface area (Å²) in [6.45, 7) is 0. The Morgan fingerprint density at radius 2 is 0.250 bits per heavy atom. The topological polar surface area (TPSA) is 300 Å². The fourth-order valence-corrected chi connectivity index (χ4v) is 0. The molecular weight excluding hydrogens is 522 g/mol. The minimum Gasteiger partial charge on any atom is -2.00 e. The van der Waals surface area contributed by atoms with Gasteiger partial charge in [-0.1, -0.05) is 0 Å². The predicted molar refractivity (Wildman–Crippen MR) is 21.5 cm³/mol. The average molecular weight is 532 g/mol. The molecule has 0 bridgehead atoms. The molecule has 0 saturated carbocycles. The Morgan fingerprint density at radius 1 is 0.250 bits per heavy atom. The maximum atomic E-state index is 0.